The van der Waals surface area contributed by atoms with Crippen LogP contribution < -0.4 is 9.62 Å². The van der Waals surface area contributed by atoms with Crippen molar-refractivity contribution in [1.29, 1.82) is 0 Å². The smallest absolute Gasteiger partial charge is 0.251 e. The van der Waals surface area contributed by atoms with Crippen molar-refractivity contribution < 1.29 is 13.2 Å². The lowest BCUT2D eigenvalue weighted by molar-refractivity contribution is 0.0956. The lowest BCUT2D eigenvalue weighted by Crippen LogP contribution is -2.29. The number of carbonyl (C=O) groups is 1. The van der Waals surface area contributed by atoms with E-state index in [-0.39, 0.29) is 22.5 Å². The second-order valence-electron chi connectivity index (χ2n) is 7.83. The molecule has 0 heterocycles. The zero-order chi connectivity index (χ0) is 24.7. The van der Waals surface area contributed by atoms with E-state index in [9.17, 15) is 13.2 Å². The quantitative estimate of drug-likeness (QED) is 0.326. The molecule has 34 heavy (non-hydrogen) atoms. The van der Waals surface area contributed by atoms with Crippen LogP contribution >= 0.6 is 35.0 Å². The molecule has 0 atom stereocenters. The first-order chi connectivity index (χ1) is 16.1. The van der Waals surface area contributed by atoms with Gasteiger partial charge in [-0.2, -0.15) is 11.8 Å². The summed E-state index contributed by atoms with van der Waals surface area (Å²) in [5.41, 5.74) is 4.04. The topological polar surface area (TPSA) is 66.5 Å². The fraction of sp³-hybridized carbons (Fsp3) is 0.240. The number of amides is 1. The number of hydrogen-bond acceptors (Lipinski definition) is 4. The monoisotopic (exact) mass is 536 g/mol. The maximum atomic E-state index is 12.5. The first kappa shape index (κ1) is 26.4. The predicted molar refractivity (Wildman–Crippen MR) is 144 cm³/mol. The summed E-state index contributed by atoms with van der Waals surface area (Å²) in [7, 11) is -3.61. The number of carbonyl (C=O) groups excluding carboxylic acids is 1. The van der Waals surface area contributed by atoms with Gasteiger partial charge in [0.25, 0.3) is 5.91 Å². The molecule has 0 saturated carbocycles. The molecule has 0 bridgehead atoms. The van der Waals surface area contributed by atoms with E-state index in [4.69, 9.17) is 23.2 Å². The van der Waals surface area contributed by atoms with E-state index in [2.05, 4.69) is 36.5 Å². The maximum Gasteiger partial charge on any atom is 0.251 e. The summed E-state index contributed by atoms with van der Waals surface area (Å²) in [4.78, 5) is 12.5. The second kappa shape index (κ2) is 12.0. The largest absolute Gasteiger partial charge is 0.351 e. The molecule has 0 spiro atoms. The molecule has 3 rings (SSSR count). The van der Waals surface area contributed by atoms with Crippen molar-refractivity contribution in [2.24, 2.45) is 0 Å². The van der Waals surface area contributed by atoms with Crippen molar-refractivity contribution in [2.75, 3.05) is 22.9 Å². The van der Waals surface area contributed by atoms with E-state index in [0.29, 0.717) is 23.4 Å². The van der Waals surface area contributed by atoms with Crippen molar-refractivity contribution in [3.05, 3.63) is 99.0 Å². The van der Waals surface area contributed by atoms with Gasteiger partial charge in [0, 0.05) is 23.6 Å². The van der Waals surface area contributed by atoms with Crippen molar-refractivity contribution >= 4 is 56.6 Å². The highest BCUT2D eigenvalue weighted by molar-refractivity contribution is 7.98. The molecule has 0 saturated heterocycles. The van der Waals surface area contributed by atoms with E-state index in [1.165, 1.54) is 15.4 Å². The minimum absolute atomic E-state index is 0.0659. The molecule has 0 aliphatic rings. The zero-order valence-corrected chi connectivity index (χ0v) is 22.1. The molecule has 180 valence electrons. The van der Waals surface area contributed by atoms with Crippen LogP contribution in [0.5, 0.6) is 0 Å². The first-order valence-corrected chi connectivity index (χ1v) is 14.3. The van der Waals surface area contributed by atoms with Crippen molar-refractivity contribution in [3.63, 3.8) is 0 Å². The third-order valence-electron chi connectivity index (χ3n) is 5.06. The molecule has 3 aromatic rings. The number of anilines is 1. The normalized spacial score (nSPS) is 11.3. The van der Waals surface area contributed by atoms with Crippen LogP contribution in [0.15, 0.2) is 66.7 Å². The summed E-state index contributed by atoms with van der Waals surface area (Å²) < 4.78 is 26.0. The van der Waals surface area contributed by atoms with Gasteiger partial charge in [-0.25, -0.2) is 8.42 Å². The molecule has 9 heteroatoms. The predicted octanol–water partition coefficient (Wildman–Crippen LogP) is 5.93. The van der Waals surface area contributed by atoms with E-state index in [1.54, 1.807) is 54.2 Å². The van der Waals surface area contributed by atoms with Crippen LogP contribution in [0.25, 0.3) is 0 Å². The van der Waals surface area contributed by atoms with Crippen molar-refractivity contribution in [1.82, 2.24) is 5.32 Å². The second-order valence-corrected chi connectivity index (χ2v) is 11.6. The van der Waals surface area contributed by atoms with Crippen molar-refractivity contribution in [2.45, 2.75) is 19.2 Å². The number of thioether (sulfide) groups is 1. The molecular weight excluding hydrogens is 511 g/mol. The Kier molecular flexibility index (Phi) is 9.31. The molecule has 0 aliphatic heterocycles. The van der Waals surface area contributed by atoms with Crippen LogP contribution in [0.2, 0.25) is 10.0 Å². The van der Waals surface area contributed by atoms with Gasteiger partial charge in [0.15, 0.2) is 0 Å². The minimum Gasteiger partial charge on any atom is -0.351 e. The first-order valence-electron chi connectivity index (χ1n) is 10.6. The summed E-state index contributed by atoms with van der Waals surface area (Å²) in [5, 5.41) is 3.37. The van der Waals surface area contributed by atoms with Gasteiger partial charge in [-0.3, -0.25) is 9.10 Å². The number of benzene rings is 3. The summed E-state index contributed by atoms with van der Waals surface area (Å²) in [5.74, 6) is 1.54. The van der Waals surface area contributed by atoms with Crippen LogP contribution in [-0.4, -0.2) is 32.9 Å². The number of nitrogens with one attached hydrogen (secondary N) is 1. The number of nitrogens with zero attached hydrogens (tertiary/aromatic N) is 1. The number of aryl methyl sites for hydroxylation is 1. The number of rotatable bonds is 10. The Hall–Kier alpha value is -2.19. The average molecular weight is 538 g/mol. The Morgan fingerprint density at radius 1 is 0.971 bits per heavy atom. The van der Waals surface area contributed by atoms with Crippen LogP contribution in [0.3, 0.4) is 0 Å². The number of hydrogen-bond donors (Lipinski definition) is 1. The minimum atomic E-state index is -3.61. The Balaban J connectivity index is 1.55. The fourth-order valence-electron chi connectivity index (χ4n) is 3.21. The highest BCUT2D eigenvalue weighted by Gasteiger charge is 2.21. The summed E-state index contributed by atoms with van der Waals surface area (Å²) in [6.07, 6.45) is 1.11. The molecule has 1 N–H and O–H groups in total. The van der Waals surface area contributed by atoms with Crippen LogP contribution in [0.4, 0.5) is 5.69 Å². The van der Waals surface area contributed by atoms with E-state index in [0.717, 1.165) is 17.8 Å². The summed E-state index contributed by atoms with van der Waals surface area (Å²) in [6, 6.07) is 20.1. The van der Waals surface area contributed by atoms with Crippen LogP contribution in [0, 0.1) is 6.92 Å². The Morgan fingerprint density at radius 2 is 1.62 bits per heavy atom. The highest BCUT2D eigenvalue weighted by Crippen LogP contribution is 2.34. The Labute approximate surface area is 215 Å². The molecule has 0 radical (unpaired) electrons. The molecule has 1 amide bonds. The molecular formula is C25H26Cl2N2O3S2. The molecule has 0 aromatic heterocycles. The highest BCUT2D eigenvalue weighted by atomic mass is 35.5. The lowest BCUT2D eigenvalue weighted by atomic mass is 10.1. The maximum absolute atomic E-state index is 12.5. The number of halogens is 2. The Morgan fingerprint density at radius 3 is 2.26 bits per heavy atom. The van der Waals surface area contributed by atoms with Gasteiger partial charge in [0.1, 0.15) is 0 Å². The lowest BCUT2D eigenvalue weighted by Gasteiger charge is -2.24. The van der Waals surface area contributed by atoms with Gasteiger partial charge in [0.2, 0.25) is 10.0 Å². The molecule has 0 fully saturated rings. The SMILES string of the molecule is Cc1ccc(CSCCNC(=O)c2ccc(CN(c3cccc(Cl)c3Cl)S(C)(=O)=O)cc2)cc1. The van der Waals surface area contributed by atoms with Gasteiger partial charge in [-0.1, -0.05) is 71.2 Å². The fourth-order valence-corrected chi connectivity index (χ4v) is 5.37. The number of sulfonamides is 1. The van der Waals surface area contributed by atoms with E-state index < -0.39 is 10.0 Å². The third-order valence-corrected chi connectivity index (χ3v) is 8.03. The summed E-state index contributed by atoms with van der Waals surface area (Å²) in [6.45, 7) is 2.69. The molecule has 0 unspecified atom stereocenters. The summed E-state index contributed by atoms with van der Waals surface area (Å²) >= 11 is 14.1. The van der Waals surface area contributed by atoms with Gasteiger partial charge in [-0.15, -0.1) is 0 Å². The van der Waals surface area contributed by atoms with E-state index in [1.807, 2.05) is 0 Å². The van der Waals surface area contributed by atoms with Crippen LogP contribution in [0.1, 0.15) is 27.0 Å². The average Bonchev–Trinajstić information content (AvgIpc) is 2.80. The Bertz CT molecular complexity index is 1230. The zero-order valence-electron chi connectivity index (χ0n) is 18.9. The van der Waals surface area contributed by atoms with E-state index >= 15 is 0 Å². The van der Waals surface area contributed by atoms with Crippen molar-refractivity contribution in [3.8, 4) is 0 Å². The van der Waals surface area contributed by atoms with Gasteiger partial charge in [0.05, 0.1) is 28.5 Å². The molecule has 0 aliphatic carbocycles. The third kappa shape index (κ3) is 7.40. The van der Waals surface area contributed by atoms with Gasteiger partial charge in [-0.05, 0) is 42.3 Å². The van der Waals surface area contributed by atoms with Gasteiger partial charge >= 0.3 is 0 Å². The van der Waals surface area contributed by atoms with Crippen LogP contribution in [-0.2, 0) is 22.3 Å². The molecule has 5 nitrogen and oxygen atoms in total. The standard InChI is InChI=1S/C25H26Cl2N2O3S2/c1-18-6-8-20(9-7-18)17-33-15-14-28-25(30)21-12-10-19(11-13-21)16-29(34(2,31)32)23-5-3-4-22(26)24(23)27/h3-13H,14-17H2,1-2H3,(H,28,30). The van der Waals surface area contributed by atoms with Gasteiger partial charge < -0.3 is 5.32 Å². The molecule has 3 aromatic carbocycles.